The number of hydrogen-bond acceptors (Lipinski definition) is 6. The van der Waals surface area contributed by atoms with E-state index in [0.29, 0.717) is 18.1 Å². The third kappa shape index (κ3) is 5.54. The molecule has 29 heavy (non-hydrogen) atoms. The van der Waals surface area contributed by atoms with Gasteiger partial charge in [0, 0.05) is 5.56 Å². The molecule has 1 amide bonds. The largest absolute Gasteiger partial charge is 0.494 e. The lowest BCUT2D eigenvalue weighted by molar-refractivity contribution is -0.122. The first-order valence-corrected chi connectivity index (χ1v) is 9.35. The summed E-state index contributed by atoms with van der Waals surface area (Å²) in [6, 6.07) is 12.7. The van der Waals surface area contributed by atoms with Crippen LogP contribution in [0.2, 0.25) is 0 Å². The van der Waals surface area contributed by atoms with Crippen LogP contribution in [0.3, 0.4) is 0 Å². The van der Waals surface area contributed by atoms with Crippen molar-refractivity contribution in [2.24, 2.45) is 0 Å². The highest BCUT2D eigenvalue weighted by molar-refractivity contribution is 5.95. The number of anilines is 1. The van der Waals surface area contributed by atoms with Gasteiger partial charge in [-0.2, -0.15) is 0 Å². The summed E-state index contributed by atoms with van der Waals surface area (Å²) >= 11 is 0. The number of halogens is 1. The van der Waals surface area contributed by atoms with Gasteiger partial charge in [0.1, 0.15) is 17.3 Å². The number of hydrogen-bond donors (Lipinski definition) is 1. The first kappa shape index (κ1) is 20.3. The fraction of sp³-hybridized carbons (Fsp3) is 0.286. The number of nitrogens with one attached hydrogen (secondary N) is 1. The Balaban J connectivity index is 1.63. The molecule has 1 N–H and O–H groups in total. The first-order chi connectivity index (χ1) is 14.1. The molecule has 3 rings (SSSR count). The van der Waals surface area contributed by atoms with Crippen molar-refractivity contribution in [3.05, 3.63) is 54.3 Å². The highest BCUT2D eigenvalue weighted by atomic mass is 19.1. The third-order valence-electron chi connectivity index (χ3n) is 4.12. The average Bonchev–Trinajstić information content (AvgIpc) is 3.18. The summed E-state index contributed by atoms with van der Waals surface area (Å²) < 4.78 is 28.9. The molecule has 3 aromatic rings. The van der Waals surface area contributed by atoms with Crippen LogP contribution in [0.5, 0.6) is 11.5 Å². The van der Waals surface area contributed by atoms with E-state index in [1.54, 1.807) is 6.92 Å². The molecule has 0 aliphatic rings. The van der Waals surface area contributed by atoms with Gasteiger partial charge in [-0.15, -0.1) is 0 Å². The second-order valence-electron chi connectivity index (χ2n) is 6.39. The van der Waals surface area contributed by atoms with E-state index in [1.165, 1.54) is 24.3 Å². The molecule has 152 valence electrons. The van der Waals surface area contributed by atoms with Crippen LogP contribution in [0.15, 0.2) is 53.2 Å². The van der Waals surface area contributed by atoms with Gasteiger partial charge in [-0.05, 0) is 72.2 Å². The summed E-state index contributed by atoms with van der Waals surface area (Å²) in [5.41, 5.74) is 1.11. The Morgan fingerprint density at radius 3 is 2.48 bits per heavy atom. The fourth-order valence-corrected chi connectivity index (χ4v) is 2.49. The normalized spacial score (nSPS) is 11.7. The number of carbonyl (C=O) groups excluding carboxylic acids is 1. The molecule has 8 heteroatoms. The van der Waals surface area contributed by atoms with Crippen LogP contribution in [0.25, 0.3) is 11.3 Å². The maximum Gasteiger partial charge on any atom is 0.266 e. The number of carbonyl (C=O) groups is 1. The lowest BCUT2D eigenvalue weighted by Crippen LogP contribution is -2.30. The topological polar surface area (TPSA) is 86.5 Å². The number of amides is 1. The van der Waals surface area contributed by atoms with Crippen molar-refractivity contribution in [3.63, 3.8) is 0 Å². The van der Waals surface area contributed by atoms with Crippen molar-refractivity contribution in [3.8, 4) is 22.8 Å². The van der Waals surface area contributed by atoms with Gasteiger partial charge in [-0.25, -0.2) is 9.02 Å². The lowest BCUT2D eigenvalue weighted by Gasteiger charge is -2.13. The zero-order chi connectivity index (χ0) is 20.6. The maximum absolute atomic E-state index is 13.0. The summed E-state index contributed by atoms with van der Waals surface area (Å²) in [6.07, 6.45) is 1.22. The number of ether oxygens (including phenoxy) is 2. The predicted molar refractivity (Wildman–Crippen MR) is 105 cm³/mol. The molecule has 1 atom stereocenters. The molecule has 0 aliphatic carbocycles. The van der Waals surface area contributed by atoms with Gasteiger partial charge >= 0.3 is 0 Å². The molecule has 2 aromatic carbocycles. The third-order valence-corrected chi connectivity index (χ3v) is 4.12. The number of rotatable bonds is 9. The molecule has 0 unspecified atom stereocenters. The SMILES string of the molecule is CCCCOc1ccc(-c2nonc2NC(=O)[C@H](C)Oc2ccc(F)cc2)cc1. The average molecular weight is 399 g/mol. The van der Waals surface area contributed by atoms with Gasteiger partial charge < -0.3 is 14.8 Å². The van der Waals surface area contributed by atoms with E-state index in [0.717, 1.165) is 24.2 Å². The second-order valence-corrected chi connectivity index (χ2v) is 6.39. The van der Waals surface area contributed by atoms with E-state index in [9.17, 15) is 9.18 Å². The molecular weight excluding hydrogens is 377 g/mol. The van der Waals surface area contributed by atoms with Gasteiger partial charge in [0.05, 0.1) is 6.61 Å². The molecule has 0 saturated heterocycles. The Bertz CT molecular complexity index is 926. The van der Waals surface area contributed by atoms with Crippen LogP contribution < -0.4 is 14.8 Å². The van der Waals surface area contributed by atoms with Crippen LogP contribution in [-0.4, -0.2) is 28.9 Å². The minimum atomic E-state index is -0.834. The quantitative estimate of drug-likeness (QED) is 0.535. The summed E-state index contributed by atoms with van der Waals surface area (Å²) in [4.78, 5) is 12.4. The van der Waals surface area contributed by atoms with Crippen molar-refractivity contribution >= 4 is 11.7 Å². The van der Waals surface area contributed by atoms with E-state index >= 15 is 0 Å². The van der Waals surface area contributed by atoms with Crippen LogP contribution in [0.1, 0.15) is 26.7 Å². The standard InChI is InChI=1S/C21H22FN3O4/c1-3-4-13-27-17-9-5-15(6-10-17)19-20(25-29-24-19)23-21(26)14(2)28-18-11-7-16(22)8-12-18/h5-12,14H,3-4,13H2,1-2H3,(H,23,25,26)/t14-/m0/s1. The van der Waals surface area contributed by atoms with Gasteiger partial charge in [0.25, 0.3) is 5.91 Å². The summed E-state index contributed by atoms with van der Waals surface area (Å²) in [5, 5.41) is 10.3. The van der Waals surface area contributed by atoms with Crippen molar-refractivity contribution < 1.29 is 23.3 Å². The number of benzene rings is 2. The number of unbranched alkanes of at least 4 members (excludes halogenated alkanes) is 1. The predicted octanol–water partition coefficient (Wildman–Crippen LogP) is 4.46. The molecule has 7 nitrogen and oxygen atoms in total. The Kier molecular flexibility index (Phi) is 6.78. The monoisotopic (exact) mass is 399 g/mol. The Morgan fingerprint density at radius 2 is 1.79 bits per heavy atom. The Labute approximate surface area is 167 Å². The first-order valence-electron chi connectivity index (χ1n) is 9.35. The Hall–Kier alpha value is -3.42. The molecular formula is C21H22FN3O4. The van der Waals surface area contributed by atoms with E-state index in [4.69, 9.17) is 14.1 Å². The van der Waals surface area contributed by atoms with Crippen LogP contribution >= 0.6 is 0 Å². The molecule has 0 radical (unpaired) electrons. The maximum atomic E-state index is 13.0. The van der Waals surface area contributed by atoms with Gasteiger partial charge in [-0.3, -0.25) is 4.79 Å². The van der Waals surface area contributed by atoms with Crippen molar-refractivity contribution in [2.45, 2.75) is 32.8 Å². The second kappa shape index (κ2) is 9.68. The molecule has 0 saturated carbocycles. The highest BCUT2D eigenvalue weighted by Gasteiger charge is 2.20. The zero-order valence-electron chi connectivity index (χ0n) is 16.2. The summed E-state index contributed by atoms with van der Waals surface area (Å²) in [7, 11) is 0. The van der Waals surface area contributed by atoms with Crippen molar-refractivity contribution in [1.29, 1.82) is 0 Å². The fourth-order valence-electron chi connectivity index (χ4n) is 2.49. The lowest BCUT2D eigenvalue weighted by atomic mass is 10.1. The molecule has 0 bridgehead atoms. The summed E-state index contributed by atoms with van der Waals surface area (Å²) in [5.74, 6) is 0.501. The molecule has 0 aliphatic heterocycles. The van der Waals surface area contributed by atoms with Gasteiger partial charge in [-0.1, -0.05) is 13.3 Å². The van der Waals surface area contributed by atoms with Gasteiger partial charge in [0.15, 0.2) is 11.8 Å². The molecule has 0 fully saturated rings. The molecule has 1 heterocycles. The van der Waals surface area contributed by atoms with Gasteiger partial charge in [0.2, 0.25) is 5.82 Å². The Morgan fingerprint density at radius 1 is 1.10 bits per heavy atom. The van der Waals surface area contributed by atoms with Crippen LogP contribution in [0, 0.1) is 5.82 Å². The number of nitrogens with zero attached hydrogens (tertiary/aromatic N) is 2. The van der Waals surface area contributed by atoms with E-state index in [2.05, 4.69) is 22.6 Å². The summed E-state index contributed by atoms with van der Waals surface area (Å²) in [6.45, 7) is 4.34. The van der Waals surface area contributed by atoms with E-state index in [-0.39, 0.29) is 11.6 Å². The minimum Gasteiger partial charge on any atom is -0.494 e. The van der Waals surface area contributed by atoms with Crippen LogP contribution in [-0.2, 0) is 4.79 Å². The van der Waals surface area contributed by atoms with E-state index < -0.39 is 12.0 Å². The highest BCUT2D eigenvalue weighted by Crippen LogP contribution is 2.26. The van der Waals surface area contributed by atoms with Crippen molar-refractivity contribution in [1.82, 2.24) is 10.3 Å². The smallest absolute Gasteiger partial charge is 0.266 e. The molecule has 1 aromatic heterocycles. The minimum absolute atomic E-state index is 0.184. The number of aromatic nitrogens is 2. The van der Waals surface area contributed by atoms with Crippen LogP contribution in [0.4, 0.5) is 10.2 Å². The zero-order valence-corrected chi connectivity index (χ0v) is 16.2. The van der Waals surface area contributed by atoms with E-state index in [1.807, 2.05) is 24.3 Å². The molecule has 0 spiro atoms. The van der Waals surface area contributed by atoms with Crippen molar-refractivity contribution in [2.75, 3.05) is 11.9 Å².